The van der Waals surface area contributed by atoms with Gasteiger partial charge in [-0.1, -0.05) is 43.2 Å². The maximum Gasteiger partial charge on any atom is 0.325 e. The standard InChI is InChI=1S/C13H19NO2/c1-3-4-9-14-12(13(15)16)11-7-5-10(2)6-8-11/h5-8,12,14H,3-4,9H2,1-2H3,(H,15,16). The second-order valence-corrected chi connectivity index (χ2v) is 3.99. The van der Waals surface area contributed by atoms with Crippen LogP contribution in [-0.2, 0) is 4.79 Å². The number of benzene rings is 1. The van der Waals surface area contributed by atoms with Crippen LogP contribution in [-0.4, -0.2) is 17.6 Å². The van der Waals surface area contributed by atoms with Crippen LogP contribution in [0.1, 0.15) is 36.9 Å². The molecule has 0 aliphatic carbocycles. The summed E-state index contributed by atoms with van der Waals surface area (Å²) < 4.78 is 0. The minimum atomic E-state index is -0.819. The fourth-order valence-electron chi connectivity index (χ4n) is 1.53. The molecule has 3 heteroatoms. The van der Waals surface area contributed by atoms with Crippen molar-refractivity contribution >= 4 is 5.97 Å². The van der Waals surface area contributed by atoms with Crippen LogP contribution >= 0.6 is 0 Å². The molecular formula is C13H19NO2. The average Bonchev–Trinajstić information content (AvgIpc) is 2.26. The van der Waals surface area contributed by atoms with E-state index in [1.165, 1.54) is 0 Å². The molecule has 1 atom stereocenters. The zero-order chi connectivity index (χ0) is 12.0. The van der Waals surface area contributed by atoms with Gasteiger partial charge < -0.3 is 10.4 Å². The number of hydrogen-bond acceptors (Lipinski definition) is 2. The first-order valence-corrected chi connectivity index (χ1v) is 5.68. The molecule has 1 rings (SSSR count). The normalized spacial score (nSPS) is 12.4. The maximum atomic E-state index is 11.1. The van der Waals surface area contributed by atoms with Crippen molar-refractivity contribution in [3.05, 3.63) is 35.4 Å². The van der Waals surface area contributed by atoms with Crippen molar-refractivity contribution in [2.75, 3.05) is 6.54 Å². The van der Waals surface area contributed by atoms with Crippen molar-refractivity contribution in [3.8, 4) is 0 Å². The number of aliphatic carboxylic acids is 1. The highest BCUT2D eigenvalue weighted by Crippen LogP contribution is 2.14. The molecule has 0 saturated carbocycles. The third-order valence-electron chi connectivity index (χ3n) is 2.54. The minimum Gasteiger partial charge on any atom is -0.480 e. The first kappa shape index (κ1) is 12.7. The molecule has 2 N–H and O–H groups in total. The van der Waals surface area contributed by atoms with Crippen LogP contribution in [0.15, 0.2) is 24.3 Å². The van der Waals surface area contributed by atoms with Crippen LogP contribution in [0.25, 0.3) is 0 Å². The van der Waals surface area contributed by atoms with E-state index in [1.54, 1.807) is 0 Å². The van der Waals surface area contributed by atoms with Crippen molar-refractivity contribution in [2.45, 2.75) is 32.7 Å². The van der Waals surface area contributed by atoms with Crippen LogP contribution in [0.3, 0.4) is 0 Å². The van der Waals surface area contributed by atoms with Gasteiger partial charge in [-0.05, 0) is 25.5 Å². The van der Waals surface area contributed by atoms with E-state index in [0.717, 1.165) is 30.5 Å². The Morgan fingerprint density at radius 1 is 1.38 bits per heavy atom. The Morgan fingerprint density at radius 3 is 2.50 bits per heavy atom. The molecule has 0 spiro atoms. The van der Waals surface area contributed by atoms with Crippen LogP contribution < -0.4 is 5.32 Å². The van der Waals surface area contributed by atoms with Gasteiger partial charge in [-0.15, -0.1) is 0 Å². The Balaban J connectivity index is 2.69. The number of nitrogens with one attached hydrogen (secondary N) is 1. The van der Waals surface area contributed by atoms with Crippen LogP contribution in [0.5, 0.6) is 0 Å². The molecule has 0 bridgehead atoms. The Hall–Kier alpha value is -1.35. The quantitative estimate of drug-likeness (QED) is 0.726. The Morgan fingerprint density at radius 2 is 2.00 bits per heavy atom. The minimum absolute atomic E-state index is 0.591. The predicted octanol–water partition coefficient (Wildman–Crippen LogP) is 2.51. The number of carboxylic acid groups (broad SMARTS) is 1. The summed E-state index contributed by atoms with van der Waals surface area (Å²) in [6.45, 7) is 4.81. The first-order chi connectivity index (χ1) is 7.65. The van der Waals surface area contributed by atoms with E-state index in [-0.39, 0.29) is 0 Å². The molecule has 0 saturated heterocycles. The molecule has 1 aromatic carbocycles. The van der Waals surface area contributed by atoms with Gasteiger partial charge >= 0.3 is 5.97 Å². The van der Waals surface area contributed by atoms with Gasteiger partial charge in [0.15, 0.2) is 0 Å². The summed E-state index contributed by atoms with van der Waals surface area (Å²) in [6.07, 6.45) is 2.06. The van der Waals surface area contributed by atoms with E-state index < -0.39 is 12.0 Å². The second kappa shape index (κ2) is 6.28. The summed E-state index contributed by atoms with van der Waals surface area (Å²) in [5, 5.41) is 12.2. The SMILES string of the molecule is CCCCNC(C(=O)O)c1ccc(C)cc1. The highest BCUT2D eigenvalue weighted by molar-refractivity contribution is 5.75. The number of rotatable bonds is 6. The van der Waals surface area contributed by atoms with Gasteiger partial charge in [-0.2, -0.15) is 0 Å². The van der Waals surface area contributed by atoms with Gasteiger partial charge in [0, 0.05) is 0 Å². The zero-order valence-corrected chi connectivity index (χ0v) is 9.86. The molecule has 1 unspecified atom stereocenters. The lowest BCUT2D eigenvalue weighted by Gasteiger charge is -2.14. The summed E-state index contributed by atoms with van der Waals surface area (Å²) in [7, 11) is 0. The van der Waals surface area contributed by atoms with Crippen LogP contribution in [0.4, 0.5) is 0 Å². The summed E-state index contributed by atoms with van der Waals surface area (Å²) in [6, 6.07) is 7.02. The predicted molar refractivity (Wildman–Crippen MR) is 64.5 cm³/mol. The lowest BCUT2D eigenvalue weighted by atomic mass is 10.1. The van der Waals surface area contributed by atoms with Crippen molar-refractivity contribution < 1.29 is 9.90 Å². The largest absolute Gasteiger partial charge is 0.480 e. The number of unbranched alkanes of at least 4 members (excludes halogenated alkanes) is 1. The van der Waals surface area contributed by atoms with E-state index in [0.29, 0.717) is 0 Å². The number of carbonyl (C=O) groups is 1. The lowest BCUT2D eigenvalue weighted by molar-refractivity contribution is -0.139. The zero-order valence-electron chi connectivity index (χ0n) is 9.86. The van der Waals surface area contributed by atoms with E-state index in [4.69, 9.17) is 5.11 Å². The molecule has 0 amide bonds. The molecule has 0 aromatic heterocycles. The molecule has 1 aromatic rings. The number of hydrogen-bond donors (Lipinski definition) is 2. The molecule has 16 heavy (non-hydrogen) atoms. The van der Waals surface area contributed by atoms with Crippen molar-refractivity contribution in [2.24, 2.45) is 0 Å². The van der Waals surface area contributed by atoms with E-state index in [9.17, 15) is 4.79 Å². The van der Waals surface area contributed by atoms with Gasteiger partial charge in [0.05, 0.1) is 0 Å². The van der Waals surface area contributed by atoms with Crippen LogP contribution in [0, 0.1) is 6.92 Å². The molecule has 0 fully saturated rings. The number of carboxylic acids is 1. The van der Waals surface area contributed by atoms with Gasteiger partial charge in [0.2, 0.25) is 0 Å². The fourth-order valence-corrected chi connectivity index (χ4v) is 1.53. The summed E-state index contributed by atoms with van der Waals surface area (Å²) >= 11 is 0. The molecule has 88 valence electrons. The third kappa shape index (κ3) is 3.66. The van der Waals surface area contributed by atoms with Crippen molar-refractivity contribution in [1.29, 1.82) is 0 Å². The first-order valence-electron chi connectivity index (χ1n) is 5.68. The summed E-state index contributed by atoms with van der Waals surface area (Å²) in [4.78, 5) is 11.1. The fraction of sp³-hybridized carbons (Fsp3) is 0.462. The monoisotopic (exact) mass is 221 g/mol. The van der Waals surface area contributed by atoms with E-state index >= 15 is 0 Å². The molecule has 0 radical (unpaired) electrons. The molecule has 0 aliphatic heterocycles. The molecule has 0 heterocycles. The van der Waals surface area contributed by atoms with Gasteiger partial charge in [0.1, 0.15) is 6.04 Å². The number of aryl methyl sites for hydroxylation is 1. The molecule has 3 nitrogen and oxygen atoms in total. The summed E-state index contributed by atoms with van der Waals surface area (Å²) in [5.74, 6) is -0.819. The van der Waals surface area contributed by atoms with E-state index in [2.05, 4.69) is 12.2 Å². The Bertz CT molecular complexity index is 332. The highest BCUT2D eigenvalue weighted by Gasteiger charge is 2.18. The molecular weight excluding hydrogens is 202 g/mol. The van der Waals surface area contributed by atoms with Gasteiger partial charge in [0.25, 0.3) is 0 Å². The smallest absolute Gasteiger partial charge is 0.325 e. The second-order valence-electron chi connectivity index (χ2n) is 3.99. The third-order valence-corrected chi connectivity index (χ3v) is 2.54. The molecule has 0 aliphatic rings. The lowest BCUT2D eigenvalue weighted by Crippen LogP contribution is -2.29. The topological polar surface area (TPSA) is 49.3 Å². The van der Waals surface area contributed by atoms with Gasteiger partial charge in [-0.25, -0.2) is 0 Å². The highest BCUT2D eigenvalue weighted by atomic mass is 16.4. The maximum absolute atomic E-state index is 11.1. The van der Waals surface area contributed by atoms with Crippen LogP contribution in [0.2, 0.25) is 0 Å². The van der Waals surface area contributed by atoms with Crippen molar-refractivity contribution in [1.82, 2.24) is 5.32 Å². The van der Waals surface area contributed by atoms with E-state index in [1.807, 2.05) is 31.2 Å². The van der Waals surface area contributed by atoms with Gasteiger partial charge in [-0.3, -0.25) is 4.79 Å². The average molecular weight is 221 g/mol. The Kier molecular flexibility index (Phi) is 4.99. The summed E-state index contributed by atoms with van der Waals surface area (Å²) in [5.41, 5.74) is 1.95. The van der Waals surface area contributed by atoms with Crippen molar-refractivity contribution in [3.63, 3.8) is 0 Å². The Labute approximate surface area is 96.5 Å².